The van der Waals surface area contributed by atoms with E-state index in [2.05, 4.69) is 29.2 Å². The molecule has 6 nitrogen and oxygen atoms in total. The van der Waals surface area contributed by atoms with Crippen LogP contribution in [0.2, 0.25) is 0 Å². The van der Waals surface area contributed by atoms with Crippen LogP contribution < -0.4 is 10.6 Å². The highest BCUT2D eigenvalue weighted by Gasteiger charge is 2.15. The summed E-state index contributed by atoms with van der Waals surface area (Å²) in [4.78, 5) is 22.9. The van der Waals surface area contributed by atoms with Crippen LogP contribution in [-0.2, 0) is 9.53 Å². The molecule has 0 bridgehead atoms. The van der Waals surface area contributed by atoms with Crippen molar-refractivity contribution in [2.75, 3.05) is 20.2 Å². The monoisotopic (exact) mass is 296 g/mol. The van der Waals surface area contributed by atoms with Crippen LogP contribution in [0.15, 0.2) is 16.5 Å². The Labute approximate surface area is 125 Å². The maximum atomic E-state index is 11.6. The Morgan fingerprint density at radius 2 is 2.00 bits per heavy atom. The van der Waals surface area contributed by atoms with Gasteiger partial charge in [0.1, 0.15) is 5.76 Å². The summed E-state index contributed by atoms with van der Waals surface area (Å²) in [6.07, 6.45) is 0.404. The van der Waals surface area contributed by atoms with Gasteiger partial charge in [-0.1, -0.05) is 13.8 Å². The zero-order valence-electron chi connectivity index (χ0n) is 13.1. The highest BCUT2D eigenvalue weighted by atomic mass is 16.5. The normalized spacial score (nSPS) is 12.2. The number of hydrogen-bond acceptors (Lipinski definition) is 5. The minimum absolute atomic E-state index is 0.0260. The number of amides is 1. The molecule has 21 heavy (non-hydrogen) atoms. The van der Waals surface area contributed by atoms with E-state index in [1.165, 1.54) is 7.11 Å². The molecule has 1 rings (SSSR count). The standard InChI is InChI=1S/C15H24N2O4/c1-10(2)9-17-14(18)7-8-16-11(3)12-5-6-13(21-12)15(19)20-4/h5-6,10-11,16H,7-9H2,1-4H3,(H,17,18). The lowest BCUT2D eigenvalue weighted by atomic mass is 10.2. The lowest BCUT2D eigenvalue weighted by molar-refractivity contribution is -0.121. The fraction of sp³-hybridized carbons (Fsp3) is 0.600. The average Bonchev–Trinajstić information content (AvgIpc) is 2.94. The Bertz CT molecular complexity index is 468. The molecule has 2 N–H and O–H groups in total. The van der Waals surface area contributed by atoms with Crippen molar-refractivity contribution in [1.82, 2.24) is 10.6 Å². The van der Waals surface area contributed by atoms with Crippen LogP contribution in [0.3, 0.4) is 0 Å². The number of esters is 1. The molecule has 6 heteroatoms. The average molecular weight is 296 g/mol. The summed E-state index contributed by atoms with van der Waals surface area (Å²) in [6, 6.07) is 3.22. The number of ether oxygens (including phenoxy) is 1. The van der Waals surface area contributed by atoms with Gasteiger partial charge in [-0.05, 0) is 25.0 Å². The SMILES string of the molecule is COC(=O)c1ccc(C(C)NCCC(=O)NCC(C)C)o1. The second kappa shape index (κ2) is 8.46. The number of methoxy groups -OCH3 is 1. The third-order valence-electron chi connectivity index (χ3n) is 2.95. The van der Waals surface area contributed by atoms with Crippen molar-refractivity contribution in [3.05, 3.63) is 23.7 Å². The van der Waals surface area contributed by atoms with Gasteiger partial charge in [-0.15, -0.1) is 0 Å². The lowest BCUT2D eigenvalue weighted by Crippen LogP contribution is -2.31. The summed E-state index contributed by atoms with van der Waals surface area (Å²) in [5.74, 6) is 0.786. The van der Waals surface area contributed by atoms with Crippen LogP contribution in [0, 0.1) is 5.92 Å². The fourth-order valence-electron chi connectivity index (χ4n) is 1.71. The van der Waals surface area contributed by atoms with Crippen molar-refractivity contribution in [2.45, 2.75) is 33.2 Å². The highest BCUT2D eigenvalue weighted by molar-refractivity contribution is 5.86. The van der Waals surface area contributed by atoms with E-state index >= 15 is 0 Å². The number of nitrogens with one attached hydrogen (secondary N) is 2. The van der Waals surface area contributed by atoms with Crippen molar-refractivity contribution < 1.29 is 18.7 Å². The largest absolute Gasteiger partial charge is 0.463 e. The molecule has 0 aliphatic rings. The van der Waals surface area contributed by atoms with E-state index < -0.39 is 5.97 Å². The highest BCUT2D eigenvalue weighted by Crippen LogP contribution is 2.16. The number of carbonyl (C=O) groups excluding carboxylic acids is 2. The molecule has 0 fully saturated rings. The molecule has 0 spiro atoms. The van der Waals surface area contributed by atoms with Crippen molar-refractivity contribution in [1.29, 1.82) is 0 Å². The molecule has 0 saturated heterocycles. The summed E-state index contributed by atoms with van der Waals surface area (Å²) >= 11 is 0. The smallest absolute Gasteiger partial charge is 0.373 e. The van der Waals surface area contributed by atoms with Gasteiger partial charge >= 0.3 is 5.97 Å². The van der Waals surface area contributed by atoms with Crippen LogP contribution >= 0.6 is 0 Å². The summed E-state index contributed by atoms with van der Waals surface area (Å²) < 4.78 is 9.98. The van der Waals surface area contributed by atoms with Crippen LogP contribution in [0.4, 0.5) is 0 Å². The molecule has 1 unspecified atom stereocenters. The summed E-state index contributed by atoms with van der Waals surface area (Å²) in [5, 5.41) is 6.04. The predicted molar refractivity (Wildman–Crippen MR) is 78.9 cm³/mol. The molecule has 1 heterocycles. The van der Waals surface area contributed by atoms with Gasteiger partial charge in [0.05, 0.1) is 13.2 Å². The molecule has 0 aliphatic heterocycles. The zero-order valence-corrected chi connectivity index (χ0v) is 13.1. The first-order valence-corrected chi connectivity index (χ1v) is 7.12. The van der Waals surface area contributed by atoms with Crippen LogP contribution in [0.25, 0.3) is 0 Å². The summed E-state index contributed by atoms with van der Waals surface area (Å²) in [7, 11) is 1.31. The van der Waals surface area contributed by atoms with Crippen molar-refractivity contribution in [3.63, 3.8) is 0 Å². The first-order chi connectivity index (χ1) is 9.93. The maximum Gasteiger partial charge on any atom is 0.373 e. The number of carbonyl (C=O) groups is 2. The molecule has 118 valence electrons. The maximum absolute atomic E-state index is 11.6. The molecule has 1 aromatic rings. The third kappa shape index (κ3) is 5.99. The number of furan rings is 1. The van der Waals surface area contributed by atoms with Gasteiger partial charge in [0.2, 0.25) is 11.7 Å². The van der Waals surface area contributed by atoms with Crippen molar-refractivity contribution >= 4 is 11.9 Å². The first-order valence-electron chi connectivity index (χ1n) is 7.12. The Morgan fingerprint density at radius 1 is 1.29 bits per heavy atom. The van der Waals surface area contributed by atoms with E-state index in [4.69, 9.17) is 4.42 Å². The van der Waals surface area contributed by atoms with Gasteiger partial charge in [-0.2, -0.15) is 0 Å². The quantitative estimate of drug-likeness (QED) is 0.716. The van der Waals surface area contributed by atoms with E-state index in [9.17, 15) is 9.59 Å². The Morgan fingerprint density at radius 3 is 2.62 bits per heavy atom. The van der Waals surface area contributed by atoms with Gasteiger partial charge in [-0.25, -0.2) is 4.79 Å². The van der Waals surface area contributed by atoms with Gasteiger partial charge < -0.3 is 19.8 Å². The van der Waals surface area contributed by atoms with E-state index in [0.29, 0.717) is 31.2 Å². The molecule has 0 saturated carbocycles. The summed E-state index contributed by atoms with van der Waals surface area (Å²) in [6.45, 7) is 7.24. The zero-order chi connectivity index (χ0) is 15.8. The van der Waals surface area contributed by atoms with Crippen LogP contribution in [0.5, 0.6) is 0 Å². The minimum atomic E-state index is -0.499. The molecule has 0 aromatic carbocycles. The Balaban J connectivity index is 2.33. The molecular weight excluding hydrogens is 272 g/mol. The summed E-state index contributed by atoms with van der Waals surface area (Å²) in [5.41, 5.74) is 0. The Hall–Kier alpha value is -1.82. The molecule has 0 radical (unpaired) electrons. The van der Waals surface area contributed by atoms with Crippen molar-refractivity contribution in [2.24, 2.45) is 5.92 Å². The second-order valence-corrected chi connectivity index (χ2v) is 5.32. The minimum Gasteiger partial charge on any atom is -0.463 e. The second-order valence-electron chi connectivity index (χ2n) is 5.32. The van der Waals surface area contributed by atoms with Crippen molar-refractivity contribution in [3.8, 4) is 0 Å². The fourth-order valence-corrected chi connectivity index (χ4v) is 1.71. The van der Waals surface area contributed by atoms with Crippen LogP contribution in [-0.4, -0.2) is 32.1 Å². The van der Waals surface area contributed by atoms with Crippen LogP contribution in [0.1, 0.15) is 49.5 Å². The van der Waals surface area contributed by atoms with E-state index in [1.807, 2.05) is 6.92 Å². The van der Waals surface area contributed by atoms with E-state index in [-0.39, 0.29) is 17.7 Å². The molecule has 1 atom stereocenters. The Kier molecular flexibility index (Phi) is 6.94. The van der Waals surface area contributed by atoms with E-state index in [1.54, 1.807) is 12.1 Å². The molecular formula is C15H24N2O4. The molecule has 0 aliphatic carbocycles. The predicted octanol–water partition coefficient (Wildman–Crippen LogP) is 1.88. The van der Waals surface area contributed by atoms with Gasteiger partial charge in [0, 0.05) is 19.5 Å². The third-order valence-corrected chi connectivity index (χ3v) is 2.95. The van der Waals surface area contributed by atoms with Gasteiger partial charge in [-0.3, -0.25) is 4.79 Å². The lowest BCUT2D eigenvalue weighted by Gasteiger charge is -2.12. The number of rotatable bonds is 8. The van der Waals surface area contributed by atoms with Gasteiger partial charge in [0.25, 0.3) is 0 Å². The number of hydrogen-bond donors (Lipinski definition) is 2. The first kappa shape index (κ1) is 17.2. The topological polar surface area (TPSA) is 80.6 Å². The van der Waals surface area contributed by atoms with E-state index in [0.717, 1.165) is 0 Å². The molecule has 1 aromatic heterocycles. The van der Waals surface area contributed by atoms with Gasteiger partial charge in [0.15, 0.2) is 0 Å². The molecule has 1 amide bonds.